The molecule has 84 valence electrons. The van der Waals surface area contributed by atoms with Crippen molar-refractivity contribution in [1.82, 2.24) is 9.38 Å². The monoisotopic (exact) mass is 300 g/mol. The van der Waals surface area contributed by atoms with Gasteiger partial charge in [-0.1, -0.05) is 0 Å². The van der Waals surface area contributed by atoms with E-state index in [0.29, 0.717) is 6.42 Å². The number of hydrogen-bond acceptors (Lipinski definition) is 3. The third kappa shape index (κ3) is 1.48. The van der Waals surface area contributed by atoms with Crippen LogP contribution in [0.5, 0.6) is 0 Å². The summed E-state index contributed by atoms with van der Waals surface area (Å²) in [7, 11) is -2.95. The fraction of sp³-hybridized carbons (Fsp3) is 0.300. The van der Waals surface area contributed by atoms with Crippen LogP contribution in [0.4, 0.5) is 0 Å². The molecule has 0 saturated carbocycles. The van der Waals surface area contributed by atoms with Crippen LogP contribution < -0.4 is 0 Å². The van der Waals surface area contributed by atoms with Crippen LogP contribution in [0.3, 0.4) is 0 Å². The number of fused-ring (bicyclic) bond motifs is 3. The maximum atomic E-state index is 11.6. The Morgan fingerprint density at radius 1 is 1.44 bits per heavy atom. The van der Waals surface area contributed by atoms with Crippen molar-refractivity contribution in [2.45, 2.75) is 12.2 Å². The molecule has 16 heavy (non-hydrogen) atoms. The first kappa shape index (κ1) is 10.3. The highest BCUT2D eigenvalue weighted by Gasteiger charge is 2.26. The molecule has 2 aromatic heterocycles. The molecule has 4 nitrogen and oxygen atoms in total. The number of halogens is 1. The number of aryl methyl sites for hydroxylation is 1. The first-order valence-corrected chi connectivity index (χ1v) is 7.53. The average molecular weight is 301 g/mol. The smallest absolute Gasteiger partial charge is 0.156 e. The number of hydrogen-bond donors (Lipinski definition) is 0. The lowest BCUT2D eigenvalue weighted by molar-refractivity contribution is 0.590. The molecule has 0 radical (unpaired) electrons. The van der Waals surface area contributed by atoms with E-state index in [0.717, 1.165) is 21.5 Å². The molecular formula is C10H9BrN2O2S. The van der Waals surface area contributed by atoms with Gasteiger partial charge in [-0.2, -0.15) is 0 Å². The van der Waals surface area contributed by atoms with Crippen LogP contribution in [0.15, 0.2) is 22.8 Å². The molecule has 0 fully saturated rings. The maximum absolute atomic E-state index is 11.6. The van der Waals surface area contributed by atoms with Gasteiger partial charge in [0.25, 0.3) is 0 Å². The molecule has 0 amide bonds. The second-order valence-electron chi connectivity index (χ2n) is 3.90. The molecule has 0 saturated heterocycles. The number of aromatic nitrogens is 2. The molecule has 1 aliphatic heterocycles. The molecule has 0 spiro atoms. The summed E-state index contributed by atoms with van der Waals surface area (Å²) in [5.74, 6) is 0.307. The number of nitrogens with zero attached hydrogens (tertiary/aromatic N) is 2. The van der Waals surface area contributed by atoms with Gasteiger partial charge in [0.15, 0.2) is 15.5 Å². The Hall–Kier alpha value is -0.880. The predicted molar refractivity (Wildman–Crippen MR) is 64.1 cm³/mol. The highest BCUT2D eigenvalue weighted by atomic mass is 79.9. The lowest BCUT2D eigenvalue weighted by atomic mass is 10.3. The highest BCUT2D eigenvalue weighted by molar-refractivity contribution is 9.10. The number of sulfone groups is 1. The SMILES string of the molecule is O=S1(=O)CCc2nc3c(Br)cccn3c2C1. The zero-order valence-electron chi connectivity index (χ0n) is 8.35. The summed E-state index contributed by atoms with van der Waals surface area (Å²) < 4.78 is 25.9. The molecule has 3 heterocycles. The fourth-order valence-electron chi connectivity index (χ4n) is 2.02. The Balaban J connectivity index is 2.34. The van der Waals surface area contributed by atoms with Crippen LogP contribution in [0.1, 0.15) is 11.4 Å². The van der Waals surface area contributed by atoms with Gasteiger partial charge in [0.1, 0.15) is 0 Å². The van der Waals surface area contributed by atoms with Gasteiger partial charge >= 0.3 is 0 Å². The first-order chi connectivity index (χ1) is 7.57. The number of imidazole rings is 1. The van der Waals surface area contributed by atoms with Gasteiger partial charge in [-0.15, -0.1) is 0 Å². The Morgan fingerprint density at radius 2 is 2.25 bits per heavy atom. The van der Waals surface area contributed by atoms with Crippen molar-refractivity contribution >= 4 is 31.4 Å². The summed E-state index contributed by atoms with van der Waals surface area (Å²) in [6.45, 7) is 0. The summed E-state index contributed by atoms with van der Waals surface area (Å²) >= 11 is 3.42. The van der Waals surface area contributed by atoms with Crippen molar-refractivity contribution in [2.24, 2.45) is 0 Å². The molecule has 0 bridgehead atoms. The van der Waals surface area contributed by atoms with Crippen molar-refractivity contribution in [2.75, 3.05) is 5.75 Å². The van der Waals surface area contributed by atoms with Crippen LogP contribution in [0, 0.1) is 0 Å². The quantitative estimate of drug-likeness (QED) is 0.742. The third-order valence-corrected chi connectivity index (χ3v) is 4.95. The third-order valence-electron chi connectivity index (χ3n) is 2.79. The van der Waals surface area contributed by atoms with Gasteiger partial charge in [0, 0.05) is 12.6 Å². The van der Waals surface area contributed by atoms with Crippen molar-refractivity contribution in [3.63, 3.8) is 0 Å². The van der Waals surface area contributed by atoms with E-state index in [1.807, 2.05) is 22.7 Å². The molecule has 0 atom stereocenters. The highest BCUT2D eigenvalue weighted by Crippen LogP contribution is 2.25. The largest absolute Gasteiger partial charge is 0.302 e. The Labute approximate surface area is 101 Å². The molecule has 2 aromatic rings. The molecule has 0 aliphatic carbocycles. The van der Waals surface area contributed by atoms with Crippen molar-refractivity contribution in [3.05, 3.63) is 34.2 Å². The van der Waals surface area contributed by atoms with E-state index in [-0.39, 0.29) is 11.5 Å². The van der Waals surface area contributed by atoms with Gasteiger partial charge in [0.2, 0.25) is 0 Å². The van der Waals surface area contributed by atoms with Crippen molar-refractivity contribution in [1.29, 1.82) is 0 Å². The van der Waals surface area contributed by atoms with E-state index in [2.05, 4.69) is 20.9 Å². The summed E-state index contributed by atoms with van der Waals surface area (Å²) in [6.07, 6.45) is 2.37. The van der Waals surface area contributed by atoms with Crippen LogP contribution in [0.2, 0.25) is 0 Å². The Morgan fingerprint density at radius 3 is 3.06 bits per heavy atom. The first-order valence-electron chi connectivity index (χ1n) is 4.91. The van der Waals surface area contributed by atoms with E-state index in [1.165, 1.54) is 0 Å². The van der Waals surface area contributed by atoms with E-state index in [4.69, 9.17) is 0 Å². The molecule has 0 N–H and O–H groups in total. The topological polar surface area (TPSA) is 51.4 Å². The van der Waals surface area contributed by atoms with Gasteiger partial charge < -0.3 is 4.40 Å². The number of rotatable bonds is 0. The van der Waals surface area contributed by atoms with Gasteiger partial charge in [-0.3, -0.25) is 0 Å². The van der Waals surface area contributed by atoms with E-state index in [9.17, 15) is 8.42 Å². The summed E-state index contributed by atoms with van der Waals surface area (Å²) in [4.78, 5) is 4.47. The van der Waals surface area contributed by atoms with Crippen LogP contribution in [0.25, 0.3) is 5.65 Å². The van der Waals surface area contributed by atoms with Gasteiger partial charge in [0.05, 0.1) is 27.4 Å². The number of pyridine rings is 1. The van der Waals surface area contributed by atoms with Crippen molar-refractivity contribution in [3.8, 4) is 0 Å². The lowest BCUT2D eigenvalue weighted by Gasteiger charge is -2.11. The van der Waals surface area contributed by atoms with Gasteiger partial charge in [-0.25, -0.2) is 13.4 Å². The van der Waals surface area contributed by atoms with E-state index >= 15 is 0 Å². The van der Waals surface area contributed by atoms with Gasteiger partial charge in [-0.05, 0) is 28.1 Å². The standard InChI is InChI=1S/C10H9BrN2O2S/c11-7-2-1-4-13-9-6-16(14,15)5-3-8(9)12-10(7)13/h1-2,4H,3,5-6H2. The van der Waals surface area contributed by atoms with E-state index < -0.39 is 9.84 Å². The molecule has 0 aromatic carbocycles. The van der Waals surface area contributed by atoms with E-state index in [1.54, 1.807) is 0 Å². The second-order valence-corrected chi connectivity index (χ2v) is 6.94. The Bertz CT molecular complexity index is 675. The average Bonchev–Trinajstić information content (AvgIpc) is 2.57. The minimum Gasteiger partial charge on any atom is -0.302 e. The zero-order valence-corrected chi connectivity index (χ0v) is 10.8. The van der Waals surface area contributed by atoms with Crippen LogP contribution in [-0.4, -0.2) is 23.6 Å². The molecule has 6 heteroatoms. The maximum Gasteiger partial charge on any atom is 0.156 e. The predicted octanol–water partition coefficient (Wildman–Crippen LogP) is 1.57. The fourth-order valence-corrected chi connectivity index (χ4v) is 3.82. The van der Waals surface area contributed by atoms with Crippen LogP contribution >= 0.6 is 15.9 Å². The summed E-state index contributed by atoms with van der Waals surface area (Å²) in [5, 5.41) is 0. The lowest BCUT2D eigenvalue weighted by Crippen LogP contribution is -2.19. The summed E-state index contributed by atoms with van der Waals surface area (Å²) in [5.41, 5.74) is 2.51. The van der Waals surface area contributed by atoms with Crippen molar-refractivity contribution < 1.29 is 8.42 Å². The molecule has 3 rings (SSSR count). The minimum absolute atomic E-state index is 0.0972. The normalized spacial score (nSPS) is 18.6. The second kappa shape index (κ2) is 3.30. The van der Waals surface area contributed by atoms with Crippen LogP contribution in [-0.2, 0) is 22.0 Å². The molecular weight excluding hydrogens is 292 g/mol. The molecule has 0 unspecified atom stereocenters. The molecule has 1 aliphatic rings. The Kier molecular flexibility index (Phi) is 2.12. The minimum atomic E-state index is -2.95. The zero-order chi connectivity index (χ0) is 11.3. The summed E-state index contributed by atoms with van der Waals surface area (Å²) in [6, 6.07) is 3.78.